The predicted octanol–water partition coefficient (Wildman–Crippen LogP) is 1.71. The molecule has 3 unspecified atom stereocenters. The number of hydrogen-bond donors (Lipinski definition) is 6. The Balaban J connectivity index is 0.000000978. The molecule has 7 N–H and O–H groups in total. The number of urea groups is 2. The van der Waals surface area contributed by atoms with Gasteiger partial charge in [0.25, 0.3) is 0 Å². The molecule has 16 heteroatoms. The Hall–Kier alpha value is -3.96. The molecule has 4 rings (SSSR count). The van der Waals surface area contributed by atoms with Gasteiger partial charge in [-0.25, -0.2) is 41.6 Å². The number of aliphatic carboxylic acids is 1. The van der Waals surface area contributed by atoms with Crippen molar-refractivity contribution >= 4 is 28.1 Å². The van der Waals surface area contributed by atoms with E-state index >= 15 is 0 Å². The number of piperidine rings is 1. The molecule has 2 aliphatic rings. The minimum atomic E-state index is -3.17. The van der Waals surface area contributed by atoms with Gasteiger partial charge in [0.1, 0.15) is 6.04 Å². The van der Waals surface area contributed by atoms with Crippen LogP contribution in [0.3, 0.4) is 0 Å². The lowest BCUT2D eigenvalue weighted by Gasteiger charge is -2.36. The van der Waals surface area contributed by atoms with Crippen LogP contribution in [-0.2, 0) is 19.6 Å². The summed E-state index contributed by atoms with van der Waals surface area (Å²) in [6.45, 7) is 1.11. The Morgan fingerprint density at radius 1 is 1.11 bits per heavy atom. The summed E-state index contributed by atoms with van der Waals surface area (Å²) >= 11 is 0. The van der Waals surface area contributed by atoms with Gasteiger partial charge in [-0.1, -0.05) is 36.4 Å². The van der Waals surface area contributed by atoms with Crippen LogP contribution >= 0.6 is 0 Å². The minimum absolute atomic E-state index is 0.0790. The molecule has 2 aromatic carbocycles. The Bertz CT molecular complexity index is 1470. The third-order valence-electron chi connectivity index (χ3n) is 6.77. The number of carbonyl (C=O) groups excluding carboxylic acids is 2. The average molecular weight is 639 g/mol. The van der Waals surface area contributed by atoms with E-state index in [9.17, 15) is 36.7 Å². The van der Waals surface area contributed by atoms with Crippen LogP contribution in [0.15, 0.2) is 59.8 Å². The molecule has 0 saturated carbocycles. The van der Waals surface area contributed by atoms with E-state index in [1.165, 1.54) is 12.7 Å². The first-order chi connectivity index (χ1) is 20.8. The molecule has 4 amide bonds. The van der Waals surface area contributed by atoms with Gasteiger partial charge in [0.15, 0.2) is 11.6 Å². The van der Waals surface area contributed by atoms with Crippen LogP contribution in [0, 0.1) is 11.6 Å². The van der Waals surface area contributed by atoms with Crippen molar-refractivity contribution in [3.8, 4) is 0 Å². The highest BCUT2D eigenvalue weighted by molar-refractivity contribution is 7.88. The Morgan fingerprint density at radius 3 is 2.41 bits per heavy atom. The molecular formula is C28H36F2N6O7S. The maximum absolute atomic E-state index is 14.1. The van der Waals surface area contributed by atoms with Crippen molar-refractivity contribution in [2.24, 2.45) is 5.14 Å². The first-order valence-corrected chi connectivity index (χ1v) is 15.5. The summed E-state index contributed by atoms with van der Waals surface area (Å²) in [5, 5.41) is 26.2. The van der Waals surface area contributed by atoms with Crippen LogP contribution in [-0.4, -0.2) is 82.1 Å². The third-order valence-corrected chi connectivity index (χ3v) is 6.77. The van der Waals surface area contributed by atoms with E-state index in [2.05, 4.69) is 38.5 Å². The van der Waals surface area contributed by atoms with Gasteiger partial charge in [0.05, 0.1) is 24.1 Å². The van der Waals surface area contributed by atoms with Crippen LogP contribution in [0.2, 0.25) is 0 Å². The highest BCUT2D eigenvalue weighted by atomic mass is 32.2. The molecule has 0 bridgehead atoms. The number of rotatable bonds is 9. The normalized spacial score (nSPS) is 20.3. The van der Waals surface area contributed by atoms with Crippen molar-refractivity contribution in [2.75, 3.05) is 39.6 Å². The lowest BCUT2D eigenvalue weighted by molar-refractivity contribution is -0.133. The molecule has 0 aromatic heterocycles. The van der Waals surface area contributed by atoms with Crippen molar-refractivity contribution in [2.45, 2.75) is 31.0 Å². The fourth-order valence-electron chi connectivity index (χ4n) is 4.95. The number of nitrogens with zero attached hydrogens (tertiary/aromatic N) is 1. The zero-order valence-corrected chi connectivity index (χ0v) is 25.0. The fraction of sp³-hybridized carbons (Fsp3) is 0.393. The first-order valence-electron chi connectivity index (χ1n) is 13.6. The number of carboxylic acids is 1. The van der Waals surface area contributed by atoms with Crippen molar-refractivity contribution in [1.29, 1.82) is 0 Å². The summed E-state index contributed by atoms with van der Waals surface area (Å²) in [5.41, 5.74) is 0.642. The average Bonchev–Trinajstić information content (AvgIpc) is 2.96. The Morgan fingerprint density at radius 2 is 1.80 bits per heavy atom. The minimum Gasteiger partial charge on any atom is -0.478 e. The third kappa shape index (κ3) is 9.78. The first kappa shape index (κ1) is 34.5. The fourth-order valence-corrected chi connectivity index (χ4v) is 4.95. The number of primary sulfonamides is 1. The zero-order chi connectivity index (χ0) is 32.4. The molecule has 2 aliphatic heterocycles. The van der Waals surface area contributed by atoms with Crippen LogP contribution in [0.1, 0.15) is 36.1 Å². The number of nitrogens with two attached hydrogens (primary N) is 1. The standard InChI is InChI=1S/C27H31F2N5O5.CH5NO2S/c1-39-15-22-23(25(35)36)24(17-7-8-19(28)20(29)13-17)34(27(38)33-22)26(37)32-12-11-30-18-9-10-31-21(14-18)16-5-3-2-4-6-16;1-5(2,3)4/h2-8,13,18,21,24,30-31H,9-12,14-15H2,1H3,(H,32,37)(H,33,38)(H,35,36);1H3,(H2,2,3,4). The molecule has 0 spiro atoms. The monoisotopic (exact) mass is 638 g/mol. The lowest BCUT2D eigenvalue weighted by Crippen LogP contribution is -2.55. The number of methoxy groups -OCH3 is 1. The van der Waals surface area contributed by atoms with Crippen LogP contribution in [0.25, 0.3) is 0 Å². The lowest BCUT2D eigenvalue weighted by atomic mass is 9.93. The molecule has 44 heavy (non-hydrogen) atoms. The summed E-state index contributed by atoms with van der Waals surface area (Å²) < 4.78 is 51.5. The van der Waals surface area contributed by atoms with E-state index in [-0.39, 0.29) is 36.5 Å². The molecule has 0 aliphatic carbocycles. The number of nitrogens with one attached hydrogen (secondary N) is 4. The molecule has 0 radical (unpaired) electrons. The van der Waals surface area contributed by atoms with Crippen LogP contribution < -0.4 is 26.4 Å². The number of hydrogen-bond acceptors (Lipinski definition) is 8. The number of ether oxygens (including phenoxy) is 1. The highest BCUT2D eigenvalue weighted by Gasteiger charge is 2.42. The van der Waals surface area contributed by atoms with Gasteiger partial charge in [-0.3, -0.25) is 0 Å². The van der Waals surface area contributed by atoms with Crippen molar-refractivity contribution < 1.29 is 41.4 Å². The van der Waals surface area contributed by atoms with Crippen molar-refractivity contribution in [1.82, 2.24) is 26.2 Å². The van der Waals surface area contributed by atoms with Crippen LogP contribution in [0.5, 0.6) is 0 Å². The summed E-state index contributed by atoms with van der Waals surface area (Å²) in [6.07, 6.45) is 2.70. The Labute approximate surface area is 253 Å². The predicted molar refractivity (Wildman–Crippen MR) is 157 cm³/mol. The van der Waals surface area contributed by atoms with Crippen LogP contribution in [0.4, 0.5) is 18.4 Å². The largest absolute Gasteiger partial charge is 0.478 e. The maximum atomic E-state index is 14.1. The van der Waals surface area contributed by atoms with Crippen molar-refractivity contribution in [3.63, 3.8) is 0 Å². The number of sulfonamides is 1. The number of amides is 4. The topological polar surface area (TPSA) is 192 Å². The second-order valence-corrected chi connectivity index (χ2v) is 11.8. The summed E-state index contributed by atoms with van der Waals surface area (Å²) in [5.74, 6) is -3.83. The number of carboxylic acid groups (broad SMARTS) is 1. The van der Waals surface area contributed by atoms with E-state index in [1.807, 2.05) is 18.2 Å². The molecule has 13 nitrogen and oxygen atoms in total. The van der Waals surface area contributed by atoms with Gasteiger partial charge in [-0.05, 0) is 42.6 Å². The van der Waals surface area contributed by atoms with E-state index in [0.29, 0.717) is 11.4 Å². The second-order valence-electron chi connectivity index (χ2n) is 10.2. The van der Waals surface area contributed by atoms with E-state index in [0.717, 1.165) is 43.8 Å². The number of imide groups is 1. The van der Waals surface area contributed by atoms with Gasteiger partial charge >= 0.3 is 18.0 Å². The summed E-state index contributed by atoms with van der Waals surface area (Å²) in [7, 11) is -1.86. The molecule has 1 fully saturated rings. The van der Waals surface area contributed by atoms with Gasteiger partial charge in [-0.2, -0.15) is 0 Å². The quantitative estimate of drug-likeness (QED) is 0.222. The summed E-state index contributed by atoms with van der Waals surface area (Å²) in [4.78, 5) is 39.0. The van der Waals surface area contributed by atoms with Gasteiger partial charge in [0, 0.05) is 32.3 Å². The molecular weight excluding hydrogens is 602 g/mol. The molecule has 2 heterocycles. The highest BCUT2D eigenvalue weighted by Crippen LogP contribution is 2.34. The molecule has 240 valence electrons. The van der Waals surface area contributed by atoms with Gasteiger partial charge in [0.2, 0.25) is 10.0 Å². The zero-order valence-electron chi connectivity index (χ0n) is 24.2. The molecule has 1 saturated heterocycles. The SMILES string of the molecule is COCC1=C(C(=O)O)C(c2ccc(F)c(F)c2)N(C(=O)NCCNC2CCNC(c3ccccc3)C2)C(=O)N1.CS(N)(=O)=O. The van der Waals surface area contributed by atoms with E-state index < -0.39 is 51.3 Å². The molecule has 3 atom stereocenters. The van der Waals surface area contributed by atoms with E-state index in [4.69, 9.17) is 4.74 Å². The maximum Gasteiger partial charge on any atom is 0.335 e. The number of carbonyl (C=O) groups is 3. The number of halogens is 2. The molecule has 2 aromatic rings. The summed E-state index contributed by atoms with van der Waals surface area (Å²) in [6, 6.07) is 9.94. The van der Waals surface area contributed by atoms with Crippen molar-refractivity contribution in [3.05, 3.63) is 82.6 Å². The van der Waals surface area contributed by atoms with Gasteiger partial charge in [-0.15, -0.1) is 0 Å². The van der Waals surface area contributed by atoms with Gasteiger partial charge < -0.3 is 31.1 Å². The van der Waals surface area contributed by atoms with E-state index in [1.54, 1.807) is 0 Å². The Kier molecular flexibility index (Phi) is 12.3. The number of benzene rings is 2. The smallest absolute Gasteiger partial charge is 0.335 e. The second kappa shape index (κ2) is 15.7.